The van der Waals surface area contributed by atoms with Crippen molar-refractivity contribution in [3.8, 4) is 5.75 Å². The molecule has 74 valence electrons. The average molecular weight is 203 g/mol. The number of hydrogen-bond acceptors (Lipinski definition) is 2. The minimum atomic E-state index is 0.245. The number of phenols is 1. The highest BCUT2D eigenvalue weighted by Crippen LogP contribution is 2.12. The van der Waals surface area contributed by atoms with Gasteiger partial charge in [0.15, 0.2) is 0 Å². The summed E-state index contributed by atoms with van der Waals surface area (Å²) in [5.41, 5.74) is 0. The molecule has 0 amide bonds. The number of hydrogen-bond donors (Lipinski definition) is 1. The minimum Gasteiger partial charge on any atom is -0.508 e. The Hall–Kier alpha value is -0.730. The van der Waals surface area contributed by atoms with Gasteiger partial charge in [0.2, 0.25) is 0 Å². The molecule has 0 atom stereocenters. The zero-order valence-electron chi connectivity index (χ0n) is 7.96. The summed E-state index contributed by atoms with van der Waals surface area (Å²) in [5.74, 6) is 0.245. The molecule has 13 heavy (non-hydrogen) atoms. The Morgan fingerprint density at radius 3 is 1.85 bits per heavy atom. The largest absolute Gasteiger partial charge is 0.508 e. The molecule has 0 aromatic heterocycles. The highest BCUT2D eigenvalue weighted by atomic mass is 35.5. The van der Waals surface area contributed by atoms with Crippen LogP contribution < -0.4 is 0 Å². The standard InChI is InChI=1S/C6H5ClO.C4H10O/c7-5-1-3-6(8)4-2-5;1-3-5-4-2/h1-4,8H;3-4H2,1-2H3. The maximum Gasteiger partial charge on any atom is 0.115 e. The Balaban J connectivity index is 0.000000252. The Morgan fingerprint density at radius 2 is 1.62 bits per heavy atom. The molecule has 1 aromatic carbocycles. The van der Waals surface area contributed by atoms with Gasteiger partial charge in [-0.2, -0.15) is 0 Å². The lowest BCUT2D eigenvalue weighted by Crippen LogP contribution is -1.84. The normalized spacial score (nSPS) is 8.85. The maximum atomic E-state index is 8.70. The van der Waals surface area contributed by atoms with E-state index in [-0.39, 0.29) is 5.75 Å². The van der Waals surface area contributed by atoms with E-state index >= 15 is 0 Å². The predicted octanol–water partition coefficient (Wildman–Crippen LogP) is 3.09. The summed E-state index contributed by atoms with van der Waals surface area (Å²) in [6, 6.07) is 6.36. The van der Waals surface area contributed by atoms with E-state index in [1.165, 1.54) is 0 Å². The second-order valence-corrected chi connectivity index (χ2v) is 2.69. The Labute approximate surface area is 84.1 Å². The quantitative estimate of drug-likeness (QED) is 0.799. The zero-order valence-corrected chi connectivity index (χ0v) is 8.71. The van der Waals surface area contributed by atoms with Crippen molar-refractivity contribution in [1.29, 1.82) is 0 Å². The van der Waals surface area contributed by atoms with Crippen LogP contribution in [0.25, 0.3) is 0 Å². The summed E-state index contributed by atoms with van der Waals surface area (Å²) in [4.78, 5) is 0. The summed E-state index contributed by atoms with van der Waals surface area (Å²) in [7, 11) is 0. The molecular formula is C10H15ClO2. The summed E-state index contributed by atoms with van der Waals surface area (Å²) >= 11 is 5.50. The fraction of sp³-hybridized carbons (Fsp3) is 0.400. The monoisotopic (exact) mass is 202 g/mol. The van der Waals surface area contributed by atoms with E-state index in [1.54, 1.807) is 24.3 Å². The summed E-state index contributed by atoms with van der Waals surface area (Å²) in [6.07, 6.45) is 0. The van der Waals surface area contributed by atoms with Gasteiger partial charge in [-0.25, -0.2) is 0 Å². The predicted molar refractivity (Wildman–Crippen MR) is 55.3 cm³/mol. The molecule has 1 N–H and O–H groups in total. The van der Waals surface area contributed by atoms with Crippen LogP contribution in [0.5, 0.6) is 5.75 Å². The van der Waals surface area contributed by atoms with E-state index in [1.807, 2.05) is 13.8 Å². The van der Waals surface area contributed by atoms with Crippen molar-refractivity contribution in [3.63, 3.8) is 0 Å². The number of rotatable bonds is 2. The molecule has 0 heterocycles. The van der Waals surface area contributed by atoms with Crippen LogP contribution >= 0.6 is 11.6 Å². The van der Waals surface area contributed by atoms with E-state index < -0.39 is 0 Å². The van der Waals surface area contributed by atoms with Gasteiger partial charge in [-0.05, 0) is 38.1 Å². The van der Waals surface area contributed by atoms with Gasteiger partial charge in [0, 0.05) is 18.2 Å². The van der Waals surface area contributed by atoms with Gasteiger partial charge in [0.05, 0.1) is 0 Å². The SMILES string of the molecule is CCOCC.Oc1ccc(Cl)cc1. The third-order valence-corrected chi connectivity index (χ3v) is 1.49. The number of ether oxygens (including phenoxy) is 1. The average Bonchev–Trinajstić information content (AvgIpc) is 2.13. The summed E-state index contributed by atoms with van der Waals surface area (Å²) in [6.45, 7) is 5.67. The number of aromatic hydroxyl groups is 1. The van der Waals surface area contributed by atoms with Crippen LogP contribution in [0, 0.1) is 0 Å². The topological polar surface area (TPSA) is 29.5 Å². The Kier molecular flexibility index (Phi) is 7.45. The Bertz CT molecular complexity index is 186. The van der Waals surface area contributed by atoms with Crippen LogP contribution in [0.2, 0.25) is 5.02 Å². The zero-order chi connectivity index (χ0) is 10.1. The van der Waals surface area contributed by atoms with Gasteiger partial charge in [0.25, 0.3) is 0 Å². The number of phenolic OH excluding ortho intramolecular Hbond substituents is 1. The molecule has 0 fully saturated rings. The van der Waals surface area contributed by atoms with E-state index in [9.17, 15) is 0 Å². The van der Waals surface area contributed by atoms with Gasteiger partial charge in [0.1, 0.15) is 5.75 Å². The molecular weight excluding hydrogens is 188 g/mol. The van der Waals surface area contributed by atoms with Crippen LogP contribution in [0.1, 0.15) is 13.8 Å². The molecule has 0 spiro atoms. The van der Waals surface area contributed by atoms with Crippen molar-refractivity contribution in [2.75, 3.05) is 13.2 Å². The molecule has 0 saturated heterocycles. The van der Waals surface area contributed by atoms with Crippen molar-refractivity contribution in [2.24, 2.45) is 0 Å². The first-order valence-corrected chi connectivity index (χ1v) is 4.60. The lowest BCUT2D eigenvalue weighted by molar-refractivity contribution is 0.162. The molecule has 0 unspecified atom stereocenters. The van der Waals surface area contributed by atoms with Crippen LogP contribution in [0.15, 0.2) is 24.3 Å². The molecule has 0 aliphatic carbocycles. The van der Waals surface area contributed by atoms with Crippen LogP contribution in [0.4, 0.5) is 0 Å². The molecule has 0 saturated carbocycles. The van der Waals surface area contributed by atoms with Crippen LogP contribution in [-0.4, -0.2) is 18.3 Å². The molecule has 0 bridgehead atoms. The minimum absolute atomic E-state index is 0.245. The third-order valence-electron chi connectivity index (χ3n) is 1.23. The third kappa shape index (κ3) is 7.62. The lowest BCUT2D eigenvalue weighted by Gasteiger charge is -1.87. The van der Waals surface area contributed by atoms with E-state index in [2.05, 4.69) is 0 Å². The maximum absolute atomic E-state index is 8.70. The first kappa shape index (κ1) is 12.3. The molecule has 0 aliphatic rings. The summed E-state index contributed by atoms with van der Waals surface area (Å²) in [5, 5.41) is 9.34. The highest BCUT2D eigenvalue weighted by Gasteiger charge is 1.84. The molecule has 0 radical (unpaired) electrons. The second-order valence-electron chi connectivity index (χ2n) is 2.26. The molecule has 0 aliphatic heterocycles. The van der Waals surface area contributed by atoms with E-state index in [4.69, 9.17) is 21.4 Å². The van der Waals surface area contributed by atoms with Crippen LogP contribution in [-0.2, 0) is 4.74 Å². The van der Waals surface area contributed by atoms with E-state index in [0.29, 0.717) is 5.02 Å². The van der Waals surface area contributed by atoms with Crippen LogP contribution in [0.3, 0.4) is 0 Å². The van der Waals surface area contributed by atoms with Crippen molar-refractivity contribution in [3.05, 3.63) is 29.3 Å². The van der Waals surface area contributed by atoms with E-state index in [0.717, 1.165) is 13.2 Å². The van der Waals surface area contributed by atoms with Crippen molar-refractivity contribution < 1.29 is 9.84 Å². The molecule has 1 rings (SSSR count). The van der Waals surface area contributed by atoms with Crippen molar-refractivity contribution >= 4 is 11.6 Å². The van der Waals surface area contributed by atoms with Gasteiger partial charge in [-0.3, -0.25) is 0 Å². The highest BCUT2D eigenvalue weighted by molar-refractivity contribution is 6.30. The Morgan fingerprint density at radius 1 is 1.15 bits per heavy atom. The smallest absolute Gasteiger partial charge is 0.115 e. The molecule has 3 heteroatoms. The number of benzene rings is 1. The first-order chi connectivity index (χ1) is 6.20. The van der Waals surface area contributed by atoms with Crippen molar-refractivity contribution in [2.45, 2.75) is 13.8 Å². The lowest BCUT2D eigenvalue weighted by atomic mass is 10.3. The number of halogens is 1. The second kappa shape index (κ2) is 7.90. The molecule has 1 aromatic rings. The van der Waals surface area contributed by atoms with Gasteiger partial charge < -0.3 is 9.84 Å². The fourth-order valence-corrected chi connectivity index (χ4v) is 0.771. The fourth-order valence-electron chi connectivity index (χ4n) is 0.645. The molecule has 2 nitrogen and oxygen atoms in total. The first-order valence-electron chi connectivity index (χ1n) is 4.23. The van der Waals surface area contributed by atoms with Gasteiger partial charge >= 0.3 is 0 Å². The van der Waals surface area contributed by atoms with Crippen molar-refractivity contribution in [1.82, 2.24) is 0 Å². The van der Waals surface area contributed by atoms with Gasteiger partial charge in [-0.15, -0.1) is 0 Å². The summed E-state index contributed by atoms with van der Waals surface area (Å²) < 4.78 is 4.83. The van der Waals surface area contributed by atoms with Gasteiger partial charge in [-0.1, -0.05) is 11.6 Å².